The van der Waals surface area contributed by atoms with Gasteiger partial charge < -0.3 is 4.42 Å². The highest BCUT2D eigenvalue weighted by Crippen LogP contribution is 2.29. The predicted molar refractivity (Wildman–Crippen MR) is 55.1 cm³/mol. The fourth-order valence-electron chi connectivity index (χ4n) is 1.51. The van der Waals surface area contributed by atoms with E-state index < -0.39 is 0 Å². The van der Waals surface area contributed by atoms with Crippen molar-refractivity contribution in [2.45, 2.75) is 19.3 Å². The minimum absolute atomic E-state index is 0.162. The minimum atomic E-state index is -0.162. The fourth-order valence-corrected chi connectivity index (χ4v) is 1.51. The predicted octanol–water partition coefficient (Wildman–Crippen LogP) is 3.00. The number of hydrogen-bond acceptors (Lipinski definition) is 2. The summed E-state index contributed by atoms with van der Waals surface area (Å²) in [6.45, 7) is 4.21. The maximum atomic E-state index is 5.34. The molecule has 0 amide bonds. The molecule has 0 bridgehead atoms. The van der Waals surface area contributed by atoms with Crippen molar-refractivity contribution in [3.63, 3.8) is 0 Å². The number of hydrogen-bond donors (Lipinski definition) is 0. The molecule has 2 nitrogen and oxygen atoms in total. The van der Waals surface area contributed by atoms with Gasteiger partial charge in [-0.25, -0.2) is 4.98 Å². The van der Waals surface area contributed by atoms with E-state index in [9.17, 15) is 0 Å². The SMILES string of the molecule is CC(C)(c1ccccc1)c1ncco1. The Kier molecular flexibility index (Phi) is 2.12. The second-order valence-corrected chi connectivity index (χ2v) is 3.83. The van der Waals surface area contributed by atoms with Gasteiger partial charge in [-0.1, -0.05) is 30.3 Å². The van der Waals surface area contributed by atoms with Gasteiger partial charge in [-0.2, -0.15) is 0 Å². The lowest BCUT2D eigenvalue weighted by atomic mass is 9.85. The van der Waals surface area contributed by atoms with Crippen LogP contribution >= 0.6 is 0 Å². The fraction of sp³-hybridized carbons (Fsp3) is 0.250. The zero-order chi connectivity index (χ0) is 10.0. The number of rotatable bonds is 2. The Morgan fingerprint density at radius 3 is 2.43 bits per heavy atom. The Balaban J connectivity index is 2.43. The van der Waals surface area contributed by atoms with Crippen LogP contribution in [0.2, 0.25) is 0 Å². The molecule has 1 aromatic heterocycles. The van der Waals surface area contributed by atoms with Crippen molar-refractivity contribution in [1.82, 2.24) is 4.98 Å². The molecule has 0 saturated carbocycles. The first-order valence-electron chi connectivity index (χ1n) is 4.67. The van der Waals surface area contributed by atoms with E-state index in [0.29, 0.717) is 0 Å². The van der Waals surface area contributed by atoms with Crippen LogP contribution in [0.3, 0.4) is 0 Å². The van der Waals surface area contributed by atoms with E-state index >= 15 is 0 Å². The largest absolute Gasteiger partial charge is 0.448 e. The van der Waals surface area contributed by atoms with Crippen LogP contribution in [0.5, 0.6) is 0 Å². The number of benzene rings is 1. The highest BCUT2D eigenvalue weighted by Gasteiger charge is 2.27. The summed E-state index contributed by atoms with van der Waals surface area (Å²) in [4.78, 5) is 4.20. The number of nitrogens with zero attached hydrogens (tertiary/aromatic N) is 1. The summed E-state index contributed by atoms with van der Waals surface area (Å²) < 4.78 is 5.34. The quantitative estimate of drug-likeness (QED) is 0.722. The molecule has 14 heavy (non-hydrogen) atoms. The second-order valence-electron chi connectivity index (χ2n) is 3.83. The molecule has 0 atom stereocenters. The van der Waals surface area contributed by atoms with Gasteiger partial charge in [0.15, 0.2) is 0 Å². The molecule has 0 aliphatic rings. The summed E-state index contributed by atoms with van der Waals surface area (Å²) in [7, 11) is 0. The van der Waals surface area contributed by atoms with Crippen molar-refractivity contribution >= 4 is 0 Å². The molecule has 0 saturated heterocycles. The third-order valence-corrected chi connectivity index (χ3v) is 2.46. The average Bonchev–Trinajstić information content (AvgIpc) is 2.72. The average molecular weight is 187 g/mol. The van der Waals surface area contributed by atoms with Crippen LogP contribution in [-0.2, 0) is 5.41 Å². The Morgan fingerprint density at radius 2 is 1.86 bits per heavy atom. The van der Waals surface area contributed by atoms with Crippen LogP contribution in [0, 0.1) is 0 Å². The lowest BCUT2D eigenvalue weighted by Gasteiger charge is -2.20. The third-order valence-electron chi connectivity index (χ3n) is 2.46. The zero-order valence-corrected chi connectivity index (χ0v) is 8.40. The van der Waals surface area contributed by atoms with Crippen LogP contribution in [0.4, 0.5) is 0 Å². The molecule has 0 N–H and O–H groups in total. The molecule has 0 spiro atoms. The van der Waals surface area contributed by atoms with E-state index in [1.807, 2.05) is 18.2 Å². The molecule has 0 fully saturated rings. The van der Waals surface area contributed by atoms with Gasteiger partial charge in [-0.15, -0.1) is 0 Å². The summed E-state index contributed by atoms with van der Waals surface area (Å²) in [6, 6.07) is 10.2. The molecule has 1 heterocycles. The van der Waals surface area contributed by atoms with E-state index in [2.05, 4.69) is 31.0 Å². The highest BCUT2D eigenvalue weighted by molar-refractivity contribution is 5.29. The zero-order valence-electron chi connectivity index (χ0n) is 8.40. The van der Waals surface area contributed by atoms with Gasteiger partial charge in [-0.3, -0.25) is 0 Å². The molecule has 0 unspecified atom stereocenters. The highest BCUT2D eigenvalue weighted by atomic mass is 16.3. The molecule has 72 valence electrons. The summed E-state index contributed by atoms with van der Waals surface area (Å²) in [5.74, 6) is 0.753. The lowest BCUT2D eigenvalue weighted by Crippen LogP contribution is -2.18. The second kappa shape index (κ2) is 3.29. The smallest absolute Gasteiger partial charge is 0.204 e. The first kappa shape index (κ1) is 9.00. The van der Waals surface area contributed by atoms with Gasteiger partial charge >= 0.3 is 0 Å². The van der Waals surface area contributed by atoms with Gasteiger partial charge in [0, 0.05) is 0 Å². The normalized spacial score (nSPS) is 11.6. The third kappa shape index (κ3) is 1.43. The molecule has 0 aliphatic carbocycles. The van der Waals surface area contributed by atoms with Gasteiger partial charge in [0.05, 0.1) is 11.6 Å². The summed E-state index contributed by atoms with van der Waals surface area (Å²) in [6.07, 6.45) is 3.29. The van der Waals surface area contributed by atoms with Crippen molar-refractivity contribution < 1.29 is 4.42 Å². The number of aromatic nitrogens is 1. The van der Waals surface area contributed by atoms with Gasteiger partial charge in [0.1, 0.15) is 6.26 Å². The first-order chi connectivity index (χ1) is 6.71. The Morgan fingerprint density at radius 1 is 1.14 bits per heavy atom. The van der Waals surface area contributed by atoms with Gasteiger partial charge in [-0.05, 0) is 19.4 Å². The molecular formula is C12H13NO. The Labute approximate surface area is 83.6 Å². The summed E-state index contributed by atoms with van der Waals surface area (Å²) in [5, 5.41) is 0. The van der Waals surface area contributed by atoms with E-state index in [-0.39, 0.29) is 5.41 Å². The van der Waals surface area contributed by atoms with Crippen molar-refractivity contribution in [1.29, 1.82) is 0 Å². The van der Waals surface area contributed by atoms with Crippen molar-refractivity contribution in [3.8, 4) is 0 Å². The molecule has 2 heteroatoms. The summed E-state index contributed by atoms with van der Waals surface area (Å²) >= 11 is 0. The maximum Gasteiger partial charge on any atom is 0.204 e. The monoisotopic (exact) mass is 187 g/mol. The van der Waals surface area contributed by atoms with Gasteiger partial charge in [0.2, 0.25) is 5.89 Å². The first-order valence-corrected chi connectivity index (χ1v) is 4.67. The van der Waals surface area contributed by atoms with Crippen molar-refractivity contribution in [2.75, 3.05) is 0 Å². The Bertz CT molecular complexity index is 390. The summed E-state index contributed by atoms with van der Waals surface area (Å²) in [5.41, 5.74) is 1.05. The molecule has 0 aliphatic heterocycles. The maximum absolute atomic E-state index is 5.34. The van der Waals surface area contributed by atoms with E-state index in [4.69, 9.17) is 4.42 Å². The van der Waals surface area contributed by atoms with Crippen molar-refractivity contribution in [2.24, 2.45) is 0 Å². The standard InChI is InChI=1S/C12H13NO/c1-12(2,11-13-8-9-14-11)10-6-4-3-5-7-10/h3-9H,1-2H3. The molecule has 2 aromatic rings. The minimum Gasteiger partial charge on any atom is -0.448 e. The Hall–Kier alpha value is -1.57. The lowest BCUT2D eigenvalue weighted by molar-refractivity contribution is 0.412. The molecule has 1 aromatic carbocycles. The van der Waals surface area contributed by atoms with Crippen LogP contribution in [0.15, 0.2) is 47.2 Å². The molecule has 2 rings (SSSR count). The van der Waals surface area contributed by atoms with E-state index in [1.165, 1.54) is 5.56 Å². The van der Waals surface area contributed by atoms with Crippen LogP contribution in [-0.4, -0.2) is 4.98 Å². The van der Waals surface area contributed by atoms with Gasteiger partial charge in [0.25, 0.3) is 0 Å². The van der Waals surface area contributed by atoms with Crippen molar-refractivity contribution in [3.05, 3.63) is 54.2 Å². The topological polar surface area (TPSA) is 26.0 Å². The molecular weight excluding hydrogens is 174 g/mol. The number of oxazole rings is 1. The van der Waals surface area contributed by atoms with E-state index in [0.717, 1.165) is 5.89 Å². The van der Waals surface area contributed by atoms with E-state index in [1.54, 1.807) is 12.5 Å². The van der Waals surface area contributed by atoms with Crippen LogP contribution in [0.1, 0.15) is 25.3 Å². The van der Waals surface area contributed by atoms with Crippen LogP contribution < -0.4 is 0 Å². The molecule has 0 radical (unpaired) electrons. The van der Waals surface area contributed by atoms with Crippen LogP contribution in [0.25, 0.3) is 0 Å².